The molecule has 0 unspecified atom stereocenters. The van der Waals surface area contributed by atoms with Crippen molar-refractivity contribution in [2.45, 2.75) is 24.8 Å². The molecule has 2 nitrogen and oxygen atoms in total. The minimum absolute atomic E-state index is 0.103. The number of benzene rings is 1. The van der Waals surface area contributed by atoms with Crippen LogP contribution in [0.15, 0.2) is 23.1 Å². The van der Waals surface area contributed by atoms with Gasteiger partial charge in [-0.2, -0.15) is 0 Å². The third-order valence-corrected chi connectivity index (χ3v) is 3.68. The molecule has 102 valence electrons. The molecule has 0 bridgehead atoms. The summed E-state index contributed by atoms with van der Waals surface area (Å²) in [6.07, 6.45) is 1.07. The number of halogens is 1. The first-order chi connectivity index (χ1) is 8.65. The Morgan fingerprint density at radius 3 is 2.78 bits per heavy atom. The molecule has 0 amide bonds. The van der Waals surface area contributed by atoms with E-state index in [0.717, 1.165) is 35.7 Å². The third kappa shape index (κ3) is 5.38. The highest BCUT2D eigenvalue weighted by atomic mass is 32.2. The number of hydrogen-bond acceptors (Lipinski definition) is 3. The first-order valence-electron chi connectivity index (χ1n) is 6.40. The quantitative estimate of drug-likeness (QED) is 0.577. The number of thioether (sulfide) groups is 1. The number of hydrogen-bond donors (Lipinski definition) is 1. The lowest BCUT2D eigenvalue weighted by atomic mass is 10.2. The molecule has 0 heterocycles. The van der Waals surface area contributed by atoms with E-state index in [9.17, 15) is 4.39 Å². The summed E-state index contributed by atoms with van der Waals surface area (Å²) in [5.74, 6) is 0.880. The van der Waals surface area contributed by atoms with Crippen LogP contribution in [0, 0.1) is 5.82 Å². The summed E-state index contributed by atoms with van der Waals surface area (Å²) in [5.41, 5.74) is 0.801. The molecule has 0 spiro atoms. The van der Waals surface area contributed by atoms with Gasteiger partial charge in [0.15, 0.2) is 0 Å². The van der Waals surface area contributed by atoms with Crippen LogP contribution in [-0.4, -0.2) is 37.8 Å². The van der Waals surface area contributed by atoms with Crippen molar-refractivity contribution in [2.24, 2.45) is 0 Å². The lowest BCUT2D eigenvalue weighted by Gasteiger charge is -2.13. The fourth-order valence-corrected chi connectivity index (χ4v) is 2.77. The second-order valence-electron chi connectivity index (χ2n) is 4.55. The Hall–Kier alpha value is -0.580. The second kappa shape index (κ2) is 8.51. The van der Waals surface area contributed by atoms with Gasteiger partial charge in [-0.15, -0.1) is 11.8 Å². The van der Waals surface area contributed by atoms with Gasteiger partial charge in [0.05, 0.1) is 0 Å². The Bertz CT molecular complexity index is 356. The Kier molecular flexibility index (Phi) is 7.32. The second-order valence-corrected chi connectivity index (χ2v) is 5.68. The predicted octanol–water partition coefficient (Wildman–Crippen LogP) is 2.98. The molecule has 0 fully saturated rings. The molecule has 0 saturated carbocycles. The molecule has 1 rings (SSSR count). The summed E-state index contributed by atoms with van der Waals surface area (Å²) in [4.78, 5) is 3.20. The van der Waals surface area contributed by atoms with Crippen molar-refractivity contribution in [3.63, 3.8) is 0 Å². The molecule has 0 atom stereocenters. The van der Waals surface area contributed by atoms with Crippen molar-refractivity contribution in [3.8, 4) is 0 Å². The average Bonchev–Trinajstić information content (AvgIpc) is 2.32. The smallest absolute Gasteiger partial charge is 0.128 e. The third-order valence-electron chi connectivity index (χ3n) is 2.60. The molecule has 0 aromatic heterocycles. The van der Waals surface area contributed by atoms with Crippen LogP contribution < -0.4 is 5.32 Å². The molecule has 0 aliphatic carbocycles. The van der Waals surface area contributed by atoms with Crippen LogP contribution in [0.3, 0.4) is 0 Å². The zero-order valence-corrected chi connectivity index (χ0v) is 12.3. The fraction of sp³-hybridized carbons (Fsp3) is 0.571. The zero-order chi connectivity index (χ0) is 13.4. The summed E-state index contributed by atoms with van der Waals surface area (Å²) in [5, 5.41) is 3.27. The van der Waals surface area contributed by atoms with Gasteiger partial charge < -0.3 is 10.2 Å². The molecular weight excluding hydrogens is 247 g/mol. The molecule has 0 aliphatic heterocycles. The van der Waals surface area contributed by atoms with E-state index in [2.05, 4.69) is 31.2 Å². The Balaban J connectivity index is 2.61. The van der Waals surface area contributed by atoms with Gasteiger partial charge in [0, 0.05) is 29.3 Å². The van der Waals surface area contributed by atoms with E-state index in [4.69, 9.17) is 0 Å². The first kappa shape index (κ1) is 15.5. The van der Waals surface area contributed by atoms with Gasteiger partial charge in [0.1, 0.15) is 5.82 Å². The van der Waals surface area contributed by atoms with Gasteiger partial charge in [-0.25, -0.2) is 4.39 Å². The molecule has 4 heteroatoms. The monoisotopic (exact) mass is 270 g/mol. The molecule has 0 aliphatic rings. The maximum absolute atomic E-state index is 13.8. The van der Waals surface area contributed by atoms with Gasteiger partial charge in [-0.05, 0) is 39.2 Å². The minimum Gasteiger partial charge on any atom is -0.313 e. The normalized spacial score (nSPS) is 11.2. The van der Waals surface area contributed by atoms with E-state index >= 15 is 0 Å². The molecule has 1 aromatic rings. The van der Waals surface area contributed by atoms with E-state index in [1.54, 1.807) is 23.9 Å². The van der Waals surface area contributed by atoms with Crippen molar-refractivity contribution in [1.82, 2.24) is 10.2 Å². The summed E-state index contributed by atoms with van der Waals surface area (Å²) < 4.78 is 13.8. The van der Waals surface area contributed by atoms with Gasteiger partial charge in [0.2, 0.25) is 0 Å². The van der Waals surface area contributed by atoms with E-state index < -0.39 is 0 Å². The molecule has 1 aromatic carbocycles. The molecule has 0 radical (unpaired) electrons. The number of nitrogens with zero attached hydrogens (tertiary/aromatic N) is 1. The molecule has 1 N–H and O–H groups in total. The zero-order valence-electron chi connectivity index (χ0n) is 11.5. The van der Waals surface area contributed by atoms with Crippen molar-refractivity contribution in [1.29, 1.82) is 0 Å². The lowest BCUT2D eigenvalue weighted by Crippen LogP contribution is -2.17. The van der Waals surface area contributed by atoms with Crippen molar-refractivity contribution < 1.29 is 4.39 Å². The average molecular weight is 270 g/mol. The van der Waals surface area contributed by atoms with Gasteiger partial charge >= 0.3 is 0 Å². The van der Waals surface area contributed by atoms with Gasteiger partial charge in [-0.1, -0.05) is 13.0 Å². The summed E-state index contributed by atoms with van der Waals surface area (Å²) in [7, 11) is 4.10. The van der Waals surface area contributed by atoms with Gasteiger partial charge in [-0.3, -0.25) is 0 Å². The van der Waals surface area contributed by atoms with E-state index in [1.807, 2.05) is 6.07 Å². The van der Waals surface area contributed by atoms with Crippen LogP contribution in [0.2, 0.25) is 0 Å². The maximum atomic E-state index is 13.8. The minimum atomic E-state index is -0.103. The van der Waals surface area contributed by atoms with Crippen molar-refractivity contribution in [3.05, 3.63) is 29.6 Å². The first-order valence-corrected chi connectivity index (χ1v) is 7.39. The number of nitrogens with one attached hydrogen (secondary N) is 1. The van der Waals surface area contributed by atoms with Gasteiger partial charge in [0.25, 0.3) is 0 Å². The Labute approximate surface area is 114 Å². The predicted molar refractivity (Wildman–Crippen MR) is 77.7 cm³/mol. The van der Waals surface area contributed by atoms with Crippen LogP contribution in [0.5, 0.6) is 0 Å². The van der Waals surface area contributed by atoms with Crippen LogP contribution in [0.1, 0.15) is 18.9 Å². The van der Waals surface area contributed by atoms with Crippen molar-refractivity contribution in [2.75, 3.05) is 32.9 Å². The van der Waals surface area contributed by atoms with E-state index in [-0.39, 0.29) is 5.82 Å². The highest BCUT2D eigenvalue weighted by Crippen LogP contribution is 2.24. The summed E-state index contributed by atoms with van der Waals surface area (Å²) >= 11 is 1.73. The van der Waals surface area contributed by atoms with Crippen LogP contribution in [0.4, 0.5) is 4.39 Å². The Morgan fingerprint density at radius 2 is 2.11 bits per heavy atom. The fourth-order valence-electron chi connectivity index (χ4n) is 1.57. The standard InChI is InChI=1S/C14H23FN2S/c1-4-8-16-11-12-13(15)6-5-7-14(12)18-10-9-17(2)3/h5-7,16H,4,8-11H2,1-3H3. The lowest BCUT2D eigenvalue weighted by molar-refractivity contribution is 0.437. The van der Waals surface area contributed by atoms with Crippen LogP contribution >= 0.6 is 11.8 Å². The van der Waals surface area contributed by atoms with Crippen LogP contribution in [0.25, 0.3) is 0 Å². The molecular formula is C14H23FN2S. The topological polar surface area (TPSA) is 15.3 Å². The molecule has 18 heavy (non-hydrogen) atoms. The largest absolute Gasteiger partial charge is 0.313 e. The SMILES string of the molecule is CCCNCc1c(F)cccc1SCCN(C)C. The molecule has 0 saturated heterocycles. The highest BCUT2D eigenvalue weighted by Gasteiger charge is 2.08. The summed E-state index contributed by atoms with van der Waals surface area (Å²) in [6, 6.07) is 5.34. The van der Waals surface area contributed by atoms with Crippen LogP contribution in [-0.2, 0) is 6.54 Å². The van der Waals surface area contributed by atoms with E-state index in [0.29, 0.717) is 6.54 Å². The maximum Gasteiger partial charge on any atom is 0.128 e. The van der Waals surface area contributed by atoms with E-state index in [1.165, 1.54) is 0 Å². The van der Waals surface area contributed by atoms with Crippen molar-refractivity contribution >= 4 is 11.8 Å². The summed E-state index contributed by atoms with van der Waals surface area (Å²) in [6.45, 7) is 4.66. The Morgan fingerprint density at radius 1 is 1.33 bits per heavy atom. The highest BCUT2D eigenvalue weighted by molar-refractivity contribution is 7.99. The number of rotatable bonds is 8.